The Balaban J connectivity index is 1.32. The summed E-state index contributed by atoms with van der Waals surface area (Å²) >= 11 is 12.7. The summed E-state index contributed by atoms with van der Waals surface area (Å²) in [5.41, 5.74) is -2.97. The summed E-state index contributed by atoms with van der Waals surface area (Å²) in [7, 11) is -2.47. The molecule has 1 saturated carbocycles. The summed E-state index contributed by atoms with van der Waals surface area (Å²) in [6.07, 6.45) is -2.81. The maximum absolute atomic E-state index is 15.4. The van der Waals surface area contributed by atoms with Gasteiger partial charge in [0.1, 0.15) is 40.5 Å². The monoisotopic (exact) mass is 839 g/mol. The molecule has 1 amide bonds. The van der Waals surface area contributed by atoms with Gasteiger partial charge >= 0.3 is 0 Å². The Labute approximate surface area is 321 Å². The number of alkyl halides is 4. The van der Waals surface area contributed by atoms with Crippen molar-refractivity contribution in [2.45, 2.75) is 43.7 Å². The van der Waals surface area contributed by atoms with Crippen molar-refractivity contribution in [3.63, 3.8) is 0 Å². The van der Waals surface area contributed by atoms with E-state index in [9.17, 15) is 35.6 Å². The molecule has 56 heavy (non-hydrogen) atoms. The van der Waals surface area contributed by atoms with Gasteiger partial charge < -0.3 is 5.32 Å². The fraction of sp³-hybridized carbons (Fsp3) is 0.294. The van der Waals surface area contributed by atoms with E-state index in [-0.39, 0.29) is 67.0 Å². The number of nitrogens with one attached hydrogen (secondary N) is 2. The average molecular weight is 841 g/mol. The van der Waals surface area contributed by atoms with Gasteiger partial charge in [0.05, 0.1) is 39.3 Å². The van der Waals surface area contributed by atoms with Crippen molar-refractivity contribution in [2.24, 2.45) is 13.0 Å². The van der Waals surface area contributed by atoms with E-state index in [0.29, 0.717) is 10.7 Å². The molecule has 2 N–H and O–H groups in total. The van der Waals surface area contributed by atoms with Crippen molar-refractivity contribution in [1.82, 2.24) is 39.4 Å². The zero-order chi connectivity index (χ0) is 40.2. The van der Waals surface area contributed by atoms with E-state index in [0.717, 1.165) is 23.0 Å². The van der Waals surface area contributed by atoms with Gasteiger partial charge in [0.25, 0.3) is 17.9 Å². The van der Waals surface area contributed by atoms with Crippen LogP contribution in [-0.4, -0.2) is 54.7 Å². The average Bonchev–Trinajstić information content (AvgIpc) is 3.63. The van der Waals surface area contributed by atoms with Crippen LogP contribution in [0.15, 0.2) is 47.3 Å². The van der Waals surface area contributed by atoms with Gasteiger partial charge in [-0.1, -0.05) is 23.2 Å². The van der Waals surface area contributed by atoms with Gasteiger partial charge in [-0.05, 0) is 54.3 Å². The zero-order valence-corrected chi connectivity index (χ0v) is 31.0. The van der Waals surface area contributed by atoms with Gasteiger partial charge in [0, 0.05) is 31.0 Å². The topological polar surface area (TPSA) is 159 Å². The van der Waals surface area contributed by atoms with Crippen molar-refractivity contribution >= 4 is 66.9 Å². The molecule has 22 heteroatoms. The van der Waals surface area contributed by atoms with E-state index in [1.807, 2.05) is 0 Å². The summed E-state index contributed by atoms with van der Waals surface area (Å²) in [6, 6.07) is 6.33. The number of carbonyl (C=O) groups is 1. The lowest BCUT2D eigenvalue weighted by Gasteiger charge is -2.24. The fourth-order valence-corrected chi connectivity index (χ4v) is 8.32. The number of hydrogen-bond donors (Lipinski definition) is 2. The quantitative estimate of drug-likeness (QED) is 0.124. The third-order valence-electron chi connectivity index (χ3n) is 9.63. The second-order valence-electron chi connectivity index (χ2n) is 13.5. The van der Waals surface area contributed by atoms with Crippen LogP contribution in [0, 0.1) is 17.6 Å². The molecule has 2 aromatic carbocycles. The smallest absolute Gasteiger partial charge is 0.293 e. The predicted molar refractivity (Wildman–Crippen MR) is 191 cm³/mol. The van der Waals surface area contributed by atoms with Gasteiger partial charge in [-0.15, -0.1) is 0 Å². The first-order valence-corrected chi connectivity index (χ1v) is 19.2. The van der Waals surface area contributed by atoms with Crippen LogP contribution in [0.5, 0.6) is 0 Å². The number of hydrogen-bond acceptors (Lipinski definition) is 8. The first kappa shape index (κ1) is 37.7. The Kier molecular flexibility index (Phi) is 8.88. The van der Waals surface area contributed by atoms with Crippen molar-refractivity contribution in [1.29, 1.82) is 0 Å². The number of amides is 1. The van der Waals surface area contributed by atoms with Crippen LogP contribution in [0.25, 0.3) is 27.6 Å². The number of halogens is 8. The van der Waals surface area contributed by atoms with Crippen LogP contribution in [0.4, 0.5) is 32.2 Å². The van der Waals surface area contributed by atoms with Gasteiger partial charge in [-0.3, -0.25) is 28.2 Å². The molecular formula is C34H25Cl2F6N9O4S. The highest BCUT2D eigenvalue weighted by Gasteiger charge is 2.67. The third kappa shape index (κ3) is 6.42. The minimum Gasteiger partial charge on any atom is -0.344 e. The summed E-state index contributed by atoms with van der Waals surface area (Å²) in [5.74, 6) is -9.16. The Morgan fingerprint density at radius 2 is 1.77 bits per heavy atom. The maximum Gasteiger partial charge on any atom is 0.293 e. The van der Waals surface area contributed by atoms with Crippen molar-refractivity contribution in [2.75, 3.05) is 11.0 Å². The number of aryl methyl sites for hydroxylation is 1. The minimum absolute atomic E-state index is 0.00641. The van der Waals surface area contributed by atoms with Crippen molar-refractivity contribution in [3.05, 3.63) is 103 Å². The number of pyridine rings is 1. The van der Waals surface area contributed by atoms with Crippen LogP contribution in [0.2, 0.25) is 10.2 Å². The van der Waals surface area contributed by atoms with Crippen LogP contribution in [0.3, 0.4) is 0 Å². The predicted octanol–water partition coefficient (Wildman–Crippen LogP) is 6.07. The molecule has 2 aliphatic rings. The third-order valence-corrected chi connectivity index (χ3v) is 10.7. The summed E-state index contributed by atoms with van der Waals surface area (Å²) in [4.78, 5) is 37.2. The molecule has 6 aromatic rings. The lowest BCUT2D eigenvalue weighted by Crippen LogP contribution is -2.38. The minimum atomic E-state index is -3.90. The first-order valence-electron chi connectivity index (χ1n) is 16.6. The molecule has 0 unspecified atom stereocenters. The molecule has 3 atom stereocenters. The number of benzene rings is 2. The number of sulfonamides is 1. The molecule has 0 aliphatic heterocycles. The molecule has 0 bridgehead atoms. The second kappa shape index (κ2) is 13.2. The molecule has 2 aliphatic carbocycles. The number of anilines is 1. The number of carbonyl (C=O) groups excluding carboxylic acids is 1. The highest BCUT2D eigenvalue weighted by Crippen LogP contribution is 2.68. The molecule has 13 nitrogen and oxygen atoms in total. The van der Waals surface area contributed by atoms with Gasteiger partial charge in [-0.2, -0.15) is 19.0 Å². The Bertz CT molecular complexity index is 2810. The SMILES string of the molecule is Cn1nc(NS(C)(=O)=O)c2c(Cl)ccc(-n3c([C@H](Cc4cc(F)cc(F)c4)NC(=O)Cn4nc(C(F)F)c5c4C(F)(F)[C@@H]4C[C@H]54)nc4nc(Cl)ccc4c3=O)c21. The normalized spacial score (nSPS) is 17.7. The molecule has 0 spiro atoms. The Morgan fingerprint density at radius 1 is 1.05 bits per heavy atom. The van der Waals surface area contributed by atoms with Gasteiger partial charge in [0.15, 0.2) is 11.5 Å². The number of rotatable bonds is 10. The maximum atomic E-state index is 15.4. The largest absolute Gasteiger partial charge is 0.344 e. The Morgan fingerprint density at radius 3 is 2.45 bits per heavy atom. The highest BCUT2D eigenvalue weighted by atomic mass is 35.5. The number of fused-ring (bicyclic) bond motifs is 5. The molecule has 0 radical (unpaired) electrons. The van der Waals surface area contributed by atoms with Gasteiger partial charge in [0.2, 0.25) is 15.9 Å². The lowest BCUT2D eigenvalue weighted by atomic mass is 10.0. The van der Waals surface area contributed by atoms with Crippen molar-refractivity contribution in [3.8, 4) is 5.69 Å². The fourth-order valence-electron chi connectivity index (χ4n) is 7.44. The highest BCUT2D eigenvalue weighted by molar-refractivity contribution is 7.92. The van der Waals surface area contributed by atoms with Crippen LogP contribution in [0.1, 0.15) is 53.1 Å². The van der Waals surface area contributed by atoms with Gasteiger partial charge in [-0.25, -0.2) is 35.9 Å². The molecular weight excluding hydrogens is 815 g/mol. The van der Waals surface area contributed by atoms with E-state index in [2.05, 4.69) is 30.2 Å². The molecule has 0 saturated heterocycles. The van der Waals surface area contributed by atoms with E-state index in [4.69, 9.17) is 23.2 Å². The standard InChI is InChI=1S/C34H25Cl2F6N9O4S/c1-49-27-21(5-4-19(35)25(27)31(47-49)48-56(2,54)55)51-32(45-30-16(33(51)53)3-6-22(36)44-30)20(9-13-7-14(37)10-15(38)8-13)43-23(52)12-50-28-24(26(46-50)29(39)40)17-11-18(17)34(28,41)42/h3-8,10,17-18,20,29H,9,11-12H2,1-2H3,(H,43,52)(H,47,48)/t17-,18+,20-/m0/s1. The summed E-state index contributed by atoms with van der Waals surface area (Å²) in [5, 5.41) is 10.4. The van der Waals surface area contributed by atoms with E-state index >= 15 is 8.78 Å². The lowest BCUT2D eigenvalue weighted by molar-refractivity contribution is -0.123. The molecule has 1 fully saturated rings. The molecule has 4 aromatic heterocycles. The van der Waals surface area contributed by atoms with Crippen LogP contribution >= 0.6 is 23.2 Å². The molecule has 8 rings (SSSR count). The summed E-state index contributed by atoms with van der Waals surface area (Å²) < 4.78 is 117. The van der Waals surface area contributed by atoms with E-state index in [1.165, 1.54) is 36.0 Å². The van der Waals surface area contributed by atoms with E-state index in [1.54, 1.807) is 0 Å². The number of aromatic nitrogens is 7. The summed E-state index contributed by atoms with van der Waals surface area (Å²) in [6.45, 7) is -0.993. The van der Waals surface area contributed by atoms with E-state index < -0.39 is 87.7 Å². The molecule has 292 valence electrons. The first-order chi connectivity index (χ1) is 26.3. The Hall–Kier alpha value is -5.21. The van der Waals surface area contributed by atoms with Crippen molar-refractivity contribution < 1.29 is 39.6 Å². The van der Waals surface area contributed by atoms with Crippen LogP contribution in [-0.2, 0) is 40.8 Å². The zero-order valence-electron chi connectivity index (χ0n) is 28.7. The second-order valence-corrected chi connectivity index (χ2v) is 16.1. The molecule has 4 heterocycles. The van der Waals surface area contributed by atoms with Crippen LogP contribution < -0.4 is 15.6 Å². The number of nitrogens with zero attached hydrogens (tertiary/aromatic N) is 7.